The summed E-state index contributed by atoms with van der Waals surface area (Å²) in [6, 6.07) is 0. The van der Waals surface area contributed by atoms with Crippen molar-refractivity contribution in [1.82, 2.24) is 0 Å². The first kappa shape index (κ1) is 14.7. The lowest BCUT2D eigenvalue weighted by atomic mass is 10.7. The van der Waals surface area contributed by atoms with E-state index in [1.165, 1.54) is 0 Å². The van der Waals surface area contributed by atoms with Gasteiger partial charge in [0, 0.05) is 0 Å². The van der Waals surface area contributed by atoms with Gasteiger partial charge < -0.3 is 14.2 Å². The second-order valence-corrected chi connectivity index (χ2v) is 2.25. The van der Waals surface area contributed by atoms with Gasteiger partial charge in [0.2, 0.25) is 12.2 Å². The third-order valence-electron chi connectivity index (χ3n) is 1.18. The van der Waals surface area contributed by atoms with Crippen LogP contribution in [-0.2, 0) is 23.8 Å². The number of isocyanates is 2. The summed E-state index contributed by atoms with van der Waals surface area (Å²) in [5, 5.41) is 0. The fraction of sp³-hybridized carbons (Fsp3) is 0.500. The smallest absolute Gasteiger partial charge is 0.444 e. The molecule has 0 heterocycles. The van der Waals surface area contributed by atoms with Crippen LogP contribution in [0.25, 0.3) is 0 Å². The van der Waals surface area contributed by atoms with Crippen LogP contribution in [0.1, 0.15) is 0 Å². The Bertz CT molecular complexity index is 321. The molecule has 17 heavy (non-hydrogen) atoms. The van der Waals surface area contributed by atoms with Crippen LogP contribution >= 0.6 is 0 Å². The Hall–Kier alpha value is -2.34. The van der Waals surface area contributed by atoms with Crippen LogP contribution in [0.2, 0.25) is 0 Å². The van der Waals surface area contributed by atoms with E-state index >= 15 is 0 Å². The van der Waals surface area contributed by atoms with Gasteiger partial charge in [0.25, 0.3) is 0 Å². The minimum absolute atomic E-state index is 0.0363. The first-order valence-electron chi connectivity index (χ1n) is 4.27. The standard InChI is InChI=1S/C8H8N2O7/c11-5-9-7(13)16-3-1-15-2-4-17-8(14)10-6-12/h1-4H2. The first-order valence-corrected chi connectivity index (χ1v) is 4.27. The van der Waals surface area contributed by atoms with Gasteiger partial charge in [0.05, 0.1) is 13.2 Å². The van der Waals surface area contributed by atoms with Crippen LogP contribution in [0.15, 0.2) is 9.98 Å². The summed E-state index contributed by atoms with van der Waals surface area (Å²) in [5.74, 6) is 0. The van der Waals surface area contributed by atoms with Crippen molar-refractivity contribution >= 4 is 24.3 Å². The van der Waals surface area contributed by atoms with Gasteiger partial charge in [-0.25, -0.2) is 19.2 Å². The average molecular weight is 244 g/mol. The number of aliphatic imine (C=N–C) groups is 2. The molecule has 0 unspecified atom stereocenters. The molecule has 0 aromatic heterocycles. The first-order chi connectivity index (χ1) is 8.20. The highest BCUT2D eigenvalue weighted by atomic mass is 16.6. The van der Waals surface area contributed by atoms with Crippen molar-refractivity contribution in [2.75, 3.05) is 26.4 Å². The fourth-order valence-electron chi connectivity index (χ4n) is 0.617. The van der Waals surface area contributed by atoms with E-state index in [-0.39, 0.29) is 26.4 Å². The lowest BCUT2D eigenvalue weighted by molar-refractivity contribution is 0.0497. The maximum Gasteiger partial charge on any atom is 0.444 e. The van der Waals surface area contributed by atoms with Crippen LogP contribution in [-0.4, -0.2) is 50.8 Å². The molecule has 0 rings (SSSR count). The SMILES string of the molecule is O=C=NC(=O)OCCOCCOC(=O)N=C=O. The van der Waals surface area contributed by atoms with Crippen molar-refractivity contribution in [1.29, 1.82) is 0 Å². The molecule has 0 radical (unpaired) electrons. The monoisotopic (exact) mass is 244 g/mol. The van der Waals surface area contributed by atoms with Gasteiger partial charge in [-0.2, -0.15) is 0 Å². The Labute approximate surface area is 95.1 Å². The molecule has 0 fully saturated rings. The van der Waals surface area contributed by atoms with E-state index in [2.05, 4.69) is 19.5 Å². The summed E-state index contributed by atoms with van der Waals surface area (Å²) in [7, 11) is 0. The van der Waals surface area contributed by atoms with Crippen LogP contribution in [0.5, 0.6) is 0 Å². The molecule has 92 valence electrons. The highest BCUT2D eigenvalue weighted by Crippen LogP contribution is 1.86. The maximum absolute atomic E-state index is 10.5. The molecular weight excluding hydrogens is 236 g/mol. The number of nitrogens with zero attached hydrogens (tertiary/aromatic N) is 2. The molecular formula is C8H8N2O7. The Balaban J connectivity index is 3.35. The molecule has 0 aliphatic rings. The predicted molar refractivity (Wildman–Crippen MR) is 49.8 cm³/mol. The third-order valence-corrected chi connectivity index (χ3v) is 1.18. The lowest BCUT2D eigenvalue weighted by Gasteiger charge is -2.03. The molecule has 0 bridgehead atoms. The third kappa shape index (κ3) is 9.95. The number of hydrogen-bond donors (Lipinski definition) is 0. The van der Waals surface area contributed by atoms with Gasteiger partial charge in [-0.15, -0.1) is 0 Å². The Morgan fingerprint density at radius 2 is 1.24 bits per heavy atom. The summed E-state index contributed by atoms with van der Waals surface area (Å²) >= 11 is 0. The summed E-state index contributed by atoms with van der Waals surface area (Å²) < 4.78 is 13.6. The quantitative estimate of drug-likeness (QED) is 0.364. The van der Waals surface area contributed by atoms with Gasteiger partial charge in [-0.3, -0.25) is 0 Å². The minimum Gasteiger partial charge on any atom is -0.445 e. The second-order valence-electron chi connectivity index (χ2n) is 2.25. The second kappa shape index (κ2) is 10.2. The zero-order chi connectivity index (χ0) is 12.9. The van der Waals surface area contributed by atoms with Crippen molar-refractivity contribution < 1.29 is 33.4 Å². The molecule has 9 nitrogen and oxygen atoms in total. The van der Waals surface area contributed by atoms with Crippen molar-refractivity contribution in [3.8, 4) is 0 Å². The van der Waals surface area contributed by atoms with Gasteiger partial charge in [0.1, 0.15) is 13.2 Å². The Morgan fingerprint density at radius 1 is 0.824 bits per heavy atom. The summed E-state index contributed by atoms with van der Waals surface area (Å²) in [6.07, 6.45) is -0.0929. The van der Waals surface area contributed by atoms with Crippen molar-refractivity contribution in [3.05, 3.63) is 0 Å². The molecule has 0 spiro atoms. The van der Waals surface area contributed by atoms with Crippen LogP contribution in [0.3, 0.4) is 0 Å². The summed E-state index contributed by atoms with van der Waals surface area (Å²) in [6.45, 7) is -0.141. The highest BCUT2D eigenvalue weighted by Gasteiger charge is 2.00. The molecule has 0 saturated heterocycles. The molecule has 0 N–H and O–H groups in total. The van der Waals surface area contributed by atoms with E-state index in [1.54, 1.807) is 0 Å². The summed E-state index contributed by atoms with van der Waals surface area (Å²) in [5.41, 5.74) is 0. The Morgan fingerprint density at radius 3 is 1.59 bits per heavy atom. The normalized spacial score (nSPS) is 8.47. The average Bonchev–Trinajstić information content (AvgIpc) is 2.28. The van der Waals surface area contributed by atoms with E-state index in [4.69, 9.17) is 4.74 Å². The maximum atomic E-state index is 10.5. The molecule has 0 saturated carbocycles. The minimum atomic E-state index is -1.06. The zero-order valence-corrected chi connectivity index (χ0v) is 8.58. The van der Waals surface area contributed by atoms with Crippen molar-refractivity contribution in [3.63, 3.8) is 0 Å². The number of ether oxygens (including phenoxy) is 3. The largest absolute Gasteiger partial charge is 0.445 e. The molecule has 0 aromatic carbocycles. The van der Waals surface area contributed by atoms with Crippen LogP contribution < -0.4 is 0 Å². The van der Waals surface area contributed by atoms with Crippen molar-refractivity contribution in [2.45, 2.75) is 0 Å². The summed E-state index contributed by atoms with van der Waals surface area (Å²) in [4.78, 5) is 45.5. The molecule has 0 aliphatic heterocycles. The molecule has 0 atom stereocenters. The van der Waals surface area contributed by atoms with E-state index in [0.717, 1.165) is 12.2 Å². The molecule has 2 amide bonds. The highest BCUT2D eigenvalue weighted by molar-refractivity contribution is 5.74. The van der Waals surface area contributed by atoms with Gasteiger partial charge in [0.15, 0.2) is 0 Å². The van der Waals surface area contributed by atoms with Crippen molar-refractivity contribution in [2.24, 2.45) is 9.98 Å². The number of rotatable bonds is 6. The number of hydrogen-bond acceptors (Lipinski definition) is 7. The van der Waals surface area contributed by atoms with E-state index in [9.17, 15) is 19.2 Å². The van der Waals surface area contributed by atoms with Crippen LogP contribution in [0.4, 0.5) is 9.59 Å². The van der Waals surface area contributed by atoms with E-state index in [1.807, 2.05) is 0 Å². The number of carbonyl (C=O) groups is 2. The zero-order valence-electron chi connectivity index (χ0n) is 8.58. The molecule has 0 aliphatic carbocycles. The van der Waals surface area contributed by atoms with Gasteiger partial charge in [-0.1, -0.05) is 9.98 Å². The number of carbonyl (C=O) groups excluding carboxylic acids is 4. The van der Waals surface area contributed by atoms with Gasteiger partial charge >= 0.3 is 12.2 Å². The number of amides is 2. The predicted octanol–water partition coefficient (Wildman–Crippen LogP) is -0.0522. The van der Waals surface area contributed by atoms with E-state index < -0.39 is 12.2 Å². The fourth-order valence-corrected chi connectivity index (χ4v) is 0.617. The van der Waals surface area contributed by atoms with Gasteiger partial charge in [-0.05, 0) is 0 Å². The lowest BCUT2D eigenvalue weighted by Crippen LogP contribution is -2.12. The topological polar surface area (TPSA) is 121 Å². The van der Waals surface area contributed by atoms with E-state index in [0.29, 0.717) is 0 Å². The molecule has 0 aromatic rings. The molecule has 9 heteroatoms. The Kier molecular flexibility index (Phi) is 8.78. The van der Waals surface area contributed by atoms with Crippen LogP contribution in [0, 0.1) is 0 Å².